The maximum absolute atomic E-state index is 5.78. The average Bonchev–Trinajstić information content (AvgIpc) is 2.56. The number of anilines is 1. The fourth-order valence-electron chi connectivity index (χ4n) is 1.13. The molecule has 14 heavy (non-hydrogen) atoms. The minimum atomic E-state index is 0.539. The topological polar surface area (TPSA) is 51.8 Å². The van der Waals surface area contributed by atoms with Gasteiger partial charge in [-0.2, -0.15) is 0 Å². The molecular weight excluding hydrogens is 262 g/mol. The molecule has 2 aromatic heterocycles. The number of nitrogens with two attached hydrogens (primary N) is 1. The summed E-state index contributed by atoms with van der Waals surface area (Å²) in [5.74, 6) is 0.539. The third kappa shape index (κ3) is 1.78. The van der Waals surface area contributed by atoms with E-state index in [0.29, 0.717) is 5.82 Å². The van der Waals surface area contributed by atoms with Gasteiger partial charge in [-0.25, -0.2) is 9.97 Å². The highest BCUT2D eigenvalue weighted by Gasteiger charge is 2.07. The number of aryl methyl sites for hydroxylation is 1. The number of halogens is 1. The van der Waals surface area contributed by atoms with Crippen molar-refractivity contribution in [3.8, 4) is 10.4 Å². The van der Waals surface area contributed by atoms with Crippen molar-refractivity contribution in [2.45, 2.75) is 6.92 Å². The van der Waals surface area contributed by atoms with Gasteiger partial charge in [0.1, 0.15) is 5.82 Å². The molecular formula is C9H8BrN3S. The number of nitrogens with zero attached hydrogens (tertiary/aromatic N) is 2. The second kappa shape index (κ2) is 3.67. The molecule has 0 amide bonds. The van der Waals surface area contributed by atoms with Crippen molar-refractivity contribution in [2.75, 3.05) is 5.73 Å². The van der Waals surface area contributed by atoms with Crippen LogP contribution in [0.15, 0.2) is 22.9 Å². The van der Waals surface area contributed by atoms with Crippen molar-refractivity contribution in [2.24, 2.45) is 0 Å². The molecule has 0 saturated carbocycles. The van der Waals surface area contributed by atoms with Crippen molar-refractivity contribution in [1.29, 1.82) is 0 Å². The van der Waals surface area contributed by atoms with E-state index in [2.05, 4.69) is 25.9 Å². The van der Waals surface area contributed by atoms with Gasteiger partial charge in [-0.15, -0.1) is 11.3 Å². The SMILES string of the molecule is Cc1ncc(-c2cc(Br)cnc2N)s1. The van der Waals surface area contributed by atoms with Gasteiger partial charge in [0.25, 0.3) is 0 Å². The summed E-state index contributed by atoms with van der Waals surface area (Å²) in [7, 11) is 0. The van der Waals surface area contributed by atoms with Crippen LogP contribution in [0.1, 0.15) is 5.01 Å². The van der Waals surface area contributed by atoms with Gasteiger partial charge in [0.05, 0.1) is 9.88 Å². The van der Waals surface area contributed by atoms with Gasteiger partial charge in [0.2, 0.25) is 0 Å². The number of hydrogen-bond acceptors (Lipinski definition) is 4. The number of pyridine rings is 1. The fraction of sp³-hybridized carbons (Fsp3) is 0.111. The number of nitrogen functional groups attached to an aromatic ring is 1. The van der Waals surface area contributed by atoms with Crippen molar-refractivity contribution >= 4 is 33.1 Å². The molecule has 0 aliphatic heterocycles. The molecule has 0 bridgehead atoms. The first-order valence-electron chi connectivity index (χ1n) is 4.00. The van der Waals surface area contributed by atoms with Crippen LogP contribution in [0.3, 0.4) is 0 Å². The Morgan fingerprint density at radius 3 is 2.79 bits per heavy atom. The Bertz CT molecular complexity index is 467. The van der Waals surface area contributed by atoms with Gasteiger partial charge < -0.3 is 5.73 Å². The maximum Gasteiger partial charge on any atom is 0.132 e. The van der Waals surface area contributed by atoms with Crippen LogP contribution >= 0.6 is 27.3 Å². The maximum atomic E-state index is 5.78. The fourth-order valence-corrected chi connectivity index (χ4v) is 2.27. The highest BCUT2D eigenvalue weighted by Crippen LogP contribution is 2.31. The predicted molar refractivity (Wildman–Crippen MR) is 62.2 cm³/mol. The zero-order valence-corrected chi connectivity index (χ0v) is 9.89. The minimum absolute atomic E-state index is 0.539. The zero-order chi connectivity index (χ0) is 10.1. The first-order valence-corrected chi connectivity index (χ1v) is 5.61. The Labute approximate surface area is 94.1 Å². The van der Waals surface area contributed by atoms with E-state index >= 15 is 0 Å². The Balaban J connectivity index is 2.55. The van der Waals surface area contributed by atoms with Crippen LogP contribution in [-0.2, 0) is 0 Å². The van der Waals surface area contributed by atoms with Crippen molar-refractivity contribution in [1.82, 2.24) is 9.97 Å². The lowest BCUT2D eigenvalue weighted by Crippen LogP contribution is -1.92. The normalized spacial score (nSPS) is 10.4. The molecule has 0 aliphatic carbocycles. The van der Waals surface area contributed by atoms with Crippen LogP contribution < -0.4 is 5.73 Å². The van der Waals surface area contributed by atoms with Crippen molar-refractivity contribution in [3.05, 3.63) is 27.9 Å². The van der Waals surface area contributed by atoms with E-state index in [4.69, 9.17) is 5.73 Å². The predicted octanol–water partition coefficient (Wildman–Crippen LogP) is 2.86. The smallest absolute Gasteiger partial charge is 0.132 e. The van der Waals surface area contributed by atoms with E-state index in [1.165, 1.54) is 0 Å². The molecule has 2 rings (SSSR count). The van der Waals surface area contributed by atoms with Crippen LogP contribution in [-0.4, -0.2) is 9.97 Å². The minimum Gasteiger partial charge on any atom is -0.383 e. The number of rotatable bonds is 1. The molecule has 2 N–H and O–H groups in total. The Morgan fingerprint density at radius 1 is 1.36 bits per heavy atom. The summed E-state index contributed by atoms with van der Waals surface area (Å²) in [5, 5.41) is 1.03. The van der Waals surface area contributed by atoms with E-state index in [9.17, 15) is 0 Å². The number of thiazole rings is 1. The van der Waals surface area contributed by atoms with E-state index in [1.807, 2.05) is 19.2 Å². The molecule has 0 spiro atoms. The lowest BCUT2D eigenvalue weighted by Gasteiger charge is -2.01. The van der Waals surface area contributed by atoms with Crippen LogP contribution in [0.25, 0.3) is 10.4 Å². The largest absolute Gasteiger partial charge is 0.383 e. The molecule has 0 atom stereocenters. The molecule has 0 aliphatic rings. The Morgan fingerprint density at radius 2 is 2.14 bits per heavy atom. The molecule has 0 unspecified atom stereocenters. The Hall–Kier alpha value is -0.940. The van der Waals surface area contributed by atoms with Gasteiger partial charge in [0.15, 0.2) is 0 Å². The molecule has 3 nitrogen and oxygen atoms in total. The van der Waals surface area contributed by atoms with Gasteiger partial charge in [-0.05, 0) is 28.9 Å². The number of aromatic nitrogens is 2. The molecule has 0 aromatic carbocycles. The summed E-state index contributed by atoms with van der Waals surface area (Å²) in [6, 6.07) is 1.95. The van der Waals surface area contributed by atoms with E-state index in [1.54, 1.807) is 17.5 Å². The van der Waals surface area contributed by atoms with Crippen LogP contribution in [0.4, 0.5) is 5.82 Å². The third-order valence-corrected chi connectivity index (χ3v) is 3.15. The van der Waals surface area contributed by atoms with Gasteiger partial charge in [-0.1, -0.05) is 0 Å². The van der Waals surface area contributed by atoms with Crippen molar-refractivity contribution < 1.29 is 0 Å². The van der Waals surface area contributed by atoms with Gasteiger partial charge in [-0.3, -0.25) is 0 Å². The van der Waals surface area contributed by atoms with Crippen LogP contribution in [0.5, 0.6) is 0 Å². The molecule has 2 heterocycles. The summed E-state index contributed by atoms with van der Waals surface area (Å²) < 4.78 is 0.924. The molecule has 2 aromatic rings. The molecule has 0 saturated heterocycles. The average molecular weight is 270 g/mol. The van der Waals surface area contributed by atoms with Crippen molar-refractivity contribution in [3.63, 3.8) is 0 Å². The molecule has 0 radical (unpaired) electrons. The van der Waals surface area contributed by atoms with E-state index in [0.717, 1.165) is 19.9 Å². The lowest BCUT2D eigenvalue weighted by atomic mass is 10.2. The summed E-state index contributed by atoms with van der Waals surface area (Å²) in [6.07, 6.45) is 3.51. The summed E-state index contributed by atoms with van der Waals surface area (Å²) >= 11 is 4.98. The monoisotopic (exact) mass is 269 g/mol. The second-order valence-electron chi connectivity index (χ2n) is 2.83. The highest BCUT2D eigenvalue weighted by atomic mass is 79.9. The van der Waals surface area contributed by atoms with Gasteiger partial charge >= 0.3 is 0 Å². The standard InChI is InChI=1S/C9H8BrN3S/c1-5-12-4-8(14-5)7-2-6(10)3-13-9(7)11/h2-4H,1H3,(H2,11,13). The number of hydrogen-bond donors (Lipinski definition) is 1. The highest BCUT2D eigenvalue weighted by molar-refractivity contribution is 9.10. The first kappa shape index (κ1) is 9.61. The second-order valence-corrected chi connectivity index (χ2v) is 4.98. The Kier molecular flexibility index (Phi) is 2.52. The van der Waals surface area contributed by atoms with E-state index in [-0.39, 0.29) is 0 Å². The lowest BCUT2D eigenvalue weighted by molar-refractivity contribution is 1.29. The first-order chi connectivity index (χ1) is 6.66. The molecule has 5 heteroatoms. The van der Waals surface area contributed by atoms with Crippen LogP contribution in [0, 0.1) is 6.92 Å². The zero-order valence-electron chi connectivity index (χ0n) is 7.49. The molecule has 72 valence electrons. The van der Waals surface area contributed by atoms with Crippen LogP contribution in [0.2, 0.25) is 0 Å². The molecule has 0 fully saturated rings. The quantitative estimate of drug-likeness (QED) is 0.866. The van der Waals surface area contributed by atoms with Gasteiger partial charge in [0, 0.05) is 22.4 Å². The summed E-state index contributed by atoms with van der Waals surface area (Å²) in [6.45, 7) is 1.97. The summed E-state index contributed by atoms with van der Waals surface area (Å²) in [4.78, 5) is 9.31. The third-order valence-electron chi connectivity index (χ3n) is 1.77. The summed E-state index contributed by atoms with van der Waals surface area (Å²) in [5.41, 5.74) is 6.71. The van der Waals surface area contributed by atoms with E-state index < -0.39 is 0 Å².